The third-order valence-corrected chi connectivity index (χ3v) is 6.16. The molecule has 21 heavy (non-hydrogen) atoms. The van der Waals surface area contributed by atoms with Crippen LogP contribution >= 0.6 is 0 Å². The fourth-order valence-corrected chi connectivity index (χ4v) is 5.12. The summed E-state index contributed by atoms with van der Waals surface area (Å²) in [5.74, 6) is 0.907. The maximum Gasteiger partial charge on any atom is 0.0947 e. The first kappa shape index (κ1) is 13.8. The Balaban J connectivity index is 1.60. The van der Waals surface area contributed by atoms with E-state index in [9.17, 15) is 5.11 Å². The lowest BCUT2D eigenvalue weighted by molar-refractivity contribution is 0.0246. The zero-order valence-corrected chi connectivity index (χ0v) is 12.9. The SMILES string of the molecule is OC1c2ccccc2CCCC1N1CCC2CCCCC21. The van der Waals surface area contributed by atoms with E-state index in [1.54, 1.807) is 0 Å². The Bertz CT molecular complexity index is 500. The number of aryl methyl sites for hydroxylation is 1. The fraction of sp³-hybridized carbons (Fsp3) is 0.684. The first-order valence-electron chi connectivity index (χ1n) is 8.86. The van der Waals surface area contributed by atoms with Gasteiger partial charge in [-0.05, 0) is 62.1 Å². The molecule has 114 valence electrons. The van der Waals surface area contributed by atoms with E-state index >= 15 is 0 Å². The number of hydrogen-bond donors (Lipinski definition) is 1. The van der Waals surface area contributed by atoms with Gasteiger partial charge in [0.15, 0.2) is 0 Å². The third-order valence-electron chi connectivity index (χ3n) is 6.16. The van der Waals surface area contributed by atoms with E-state index in [4.69, 9.17) is 0 Å². The van der Waals surface area contributed by atoms with Crippen molar-refractivity contribution < 1.29 is 5.11 Å². The smallest absolute Gasteiger partial charge is 0.0947 e. The van der Waals surface area contributed by atoms with Crippen molar-refractivity contribution in [1.82, 2.24) is 4.90 Å². The molecule has 1 aromatic rings. The monoisotopic (exact) mass is 285 g/mol. The topological polar surface area (TPSA) is 23.5 Å². The van der Waals surface area contributed by atoms with Gasteiger partial charge in [0.05, 0.1) is 6.10 Å². The minimum Gasteiger partial charge on any atom is -0.387 e. The van der Waals surface area contributed by atoms with Crippen molar-refractivity contribution in [3.63, 3.8) is 0 Å². The number of fused-ring (bicyclic) bond motifs is 2. The lowest BCUT2D eigenvalue weighted by Gasteiger charge is -2.39. The van der Waals surface area contributed by atoms with E-state index in [-0.39, 0.29) is 6.10 Å². The van der Waals surface area contributed by atoms with Crippen molar-refractivity contribution in [3.8, 4) is 0 Å². The summed E-state index contributed by atoms with van der Waals surface area (Å²) in [6.07, 6.45) is 10.1. The fourth-order valence-electron chi connectivity index (χ4n) is 5.12. The summed E-state index contributed by atoms with van der Waals surface area (Å²) in [5, 5.41) is 11.0. The van der Waals surface area contributed by atoms with Crippen molar-refractivity contribution in [3.05, 3.63) is 35.4 Å². The summed E-state index contributed by atoms with van der Waals surface area (Å²) >= 11 is 0. The molecule has 1 N–H and O–H groups in total. The quantitative estimate of drug-likeness (QED) is 0.796. The molecule has 1 saturated carbocycles. The Morgan fingerprint density at radius 3 is 2.67 bits per heavy atom. The number of nitrogens with zero attached hydrogens (tertiary/aromatic N) is 1. The lowest BCUT2D eigenvalue weighted by atomic mass is 9.84. The average Bonchev–Trinajstić information content (AvgIpc) is 2.88. The molecule has 4 unspecified atom stereocenters. The summed E-state index contributed by atoms with van der Waals surface area (Å²) in [6.45, 7) is 1.21. The van der Waals surface area contributed by atoms with Crippen LogP contribution in [0.4, 0.5) is 0 Å². The van der Waals surface area contributed by atoms with Crippen LogP contribution in [-0.4, -0.2) is 28.6 Å². The van der Waals surface area contributed by atoms with E-state index < -0.39 is 0 Å². The van der Waals surface area contributed by atoms with Gasteiger partial charge in [-0.1, -0.05) is 37.1 Å². The molecule has 0 spiro atoms. The highest BCUT2D eigenvalue weighted by Crippen LogP contribution is 2.41. The molecule has 1 saturated heterocycles. The molecule has 2 fully saturated rings. The predicted molar refractivity (Wildman–Crippen MR) is 85.2 cm³/mol. The average molecular weight is 285 g/mol. The maximum absolute atomic E-state index is 11.0. The molecule has 2 heteroatoms. The Hall–Kier alpha value is -0.860. The van der Waals surface area contributed by atoms with Crippen LogP contribution in [-0.2, 0) is 6.42 Å². The summed E-state index contributed by atoms with van der Waals surface area (Å²) < 4.78 is 0. The largest absolute Gasteiger partial charge is 0.387 e. The van der Waals surface area contributed by atoms with Crippen molar-refractivity contribution in [1.29, 1.82) is 0 Å². The second kappa shape index (κ2) is 5.73. The van der Waals surface area contributed by atoms with Gasteiger partial charge in [-0.2, -0.15) is 0 Å². The first-order valence-corrected chi connectivity index (χ1v) is 8.86. The molecule has 4 atom stereocenters. The number of hydrogen-bond acceptors (Lipinski definition) is 2. The van der Waals surface area contributed by atoms with E-state index in [1.807, 2.05) is 0 Å². The normalized spacial score (nSPS) is 36.8. The van der Waals surface area contributed by atoms with Gasteiger partial charge in [-0.15, -0.1) is 0 Å². The highest BCUT2D eigenvalue weighted by atomic mass is 16.3. The summed E-state index contributed by atoms with van der Waals surface area (Å²) in [4.78, 5) is 2.69. The third kappa shape index (κ3) is 2.43. The first-order chi connectivity index (χ1) is 10.3. The van der Waals surface area contributed by atoms with Gasteiger partial charge in [0.25, 0.3) is 0 Å². The standard InChI is InChI=1S/C19H27NO/c21-19-16-9-3-1-6-14(16)8-5-11-18(19)20-13-12-15-7-2-4-10-17(15)20/h1,3,6,9,15,17-19,21H,2,4-5,7-8,10-13H2. The molecule has 0 amide bonds. The number of aliphatic hydroxyl groups is 1. The minimum absolute atomic E-state index is 0.288. The van der Waals surface area contributed by atoms with Crippen LogP contribution in [0.5, 0.6) is 0 Å². The van der Waals surface area contributed by atoms with E-state index in [1.165, 1.54) is 56.2 Å². The van der Waals surface area contributed by atoms with Crippen LogP contribution in [0, 0.1) is 5.92 Å². The zero-order valence-electron chi connectivity index (χ0n) is 12.9. The van der Waals surface area contributed by atoms with Crippen LogP contribution in [0.1, 0.15) is 62.2 Å². The highest BCUT2D eigenvalue weighted by molar-refractivity contribution is 5.31. The second-order valence-corrected chi connectivity index (χ2v) is 7.24. The number of rotatable bonds is 1. The molecular formula is C19H27NO. The van der Waals surface area contributed by atoms with Crippen molar-refractivity contribution in [2.45, 2.75) is 69.6 Å². The Morgan fingerprint density at radius 2 is 1.71 bits per heavy atom. The molecule has 0 aromatic heterocycles. The van der Waals surface area contributed by atoms with Crippen molar-refractivity contribution >= 4 is 0 Å². The van der Waals surface area contributed by atoms with E-state index in [0.29, 0.717) is 6.04 Å². The van der Waals surface area contributed by atoms with Gasteiger partial charge >= 0.3 is 0 Å². The van der Waals surface area contributed by atoms with Gasteiger partial charge in [0.1, 0.15) is 0 Å². The van der Waals surface area contributed by atoms with Gasteiger partial charge < -0.3 is 5.11 Å². The molecule has 1 heterocycles. The molecule has 2 nitrogen and oxygen atoms in total. The van der Waals surface area contributed by atoms with Gasteiger partial charge in [0, 0.05) is 12.1 Å². The van der Waals surface area contributed by atoms with Gasteiger partial charge in [0.2, 0.25) is 0 Å². The number of aliphatic hydroxyl groups excluding tert-OH is 1. The molecule has 0 radical (unpaired) electrons. The lowest BCUT2D eigenvalue weighted by Crippen LogP contribution is -2.44. The maximum atomic E-state index is 11.0. The highest BCUT2D eigenvalue weighted by Gasteiger charge is 2.41. The molecule has 4 rings (SSSR count). The van der Waals surface area contributed by atoms with Gasteiger partial charge in [-0.3, -0.25) is 4.90 Å². The summed E-state index contributed by atoms with van der Waals surface area (Å²) in [6, 6.07) is 9.64. The Kier molecular flexibility index (Phi) is 3.76. The van der Waals surface area contributed by atoms with Crippen LogP contribution in [0.25, 0.3) is 0 Å². The van der Waals surface area contributed by atoms with Crippen LogP contribution in [0.2, 0.25) is 0 Å². The molecule has 1 aliphatic heterocycles. The molecule has 3 aliphatic rings. The summed E-state index contributed by atoms with van der Waals surface area (Å²) in [5.41, 5.74) is 2.56. The summed E-state index contributed by atoms with van der Waals surface area (Å²) in [7, 11) is 0. The predicted octanol–water partition coefficient (Wildman–Crippen LogP) is 3.69. The molecule has 2 aliphatic carbocycles. The van der Waals surface area contributed by atoms with Crippen LogP contribution < -0.4 is 0 Å². The molecule has 1 aromatic carbocycles. The Morgan fingerprint density at radius 1 is 0.905 bits per heavy atom. The van der Waals surface area contributed by atoms with E-state index in [0.717, 1.165) is 24.8 Å². The van der Waals surface area contributed by atoms with Crippen LogP contribution in [0.3, 0.4) is 0 Å². The molecular weight excluding hydrogens is 258 g/mol. The van der Waals surface area contributed by atoms with Crippen LogP contribution in [0.15, 0.2) is 24.3 Å². The van der Waals surface area contributed by atoms with Gasteiger partial charge in [-0.25, -0.2) is 0 Å². The number of likely N-dealkylation sites (tertiary alicyclic amines) is 1. The Labute approximate surface area is 128 Å². The minimum atomic E-state index is -0.288. The van der Waals surface area contributed by atoms with E-state index in [2.05, 4.69) is 29.2 Å². The molecule has 0 bridgehead atoms. The zero-order chi connectivity index (χ0) is 14.2. The number of benzene rings is 1. The van der Waals surface area contributed by atoms with Crippen molar-refractivity contribution in [2.75, 3.05) is 6.54 Å². The van der Waals surface area contributed by atoms with Crippen molar-refractivity contribution in [2.24, 2.45) is 5.92 Å². The second-order valence-electron chi connectivity index (χ2n) is 7.24.